The second-order valence-electron chi connectivity index (χ2n) is 6.68. The van der Waals surface area contributed by atoms with Gasteiger partial charge in [-0.3, -0.25) is 4.79 Å². The van der Waals surface area contributed by atoms with Gasteiger partial charge in [-0.1, -0.05) is 52.7 Å². The molecule has 0 bridgehead atoms. The lowest BCUT2D eigenvalue weighted by molar-refractivity contribution is -0.118. The topological polar surface area (TPSA) is 77.7 Å². The number of carbonyl (C=O) groups excluding carboxylic acids is 1. The zero-order chi connectivity index (χ0) is 22.4. The molecular formula is C21H22Cl2N2O4S2. The molecule has 0 aliphatic rings. The molecule has 0 atom stereocenters. The summed E-state index contributed by atoms with van der Waals surface area (Å²) >= 11 is 14.0. The number of fused-ring (bicyclic) bond motifs is 1. The molecule has 0 saturated carbocycles. The fourth-order valence-corrected chi connectivity index (χ4v) is 6.05. The lowest BCUT2D eigenvalue weighted by Gasteiger charge is -2.07. The molecule has 0 fully saturated rings. The van der Waals surface area contributed by atoms with Crippen LogP contribution in [0.2, 0.25) is 10.0 Å². The van der Waals surface area contributed by atoms with Gasteiger partial charge in [-0.2, -0.15) is 4.99 Å². The van der Waals surface area contributed by atoms with Crippen molar-refractivity contribution in [2.75, 3.05) is 19.0 Å². The number of rotatable bonds is 9. The normalized spacial score (nSPS) is 12.5. The van der Waals surface area contributed by atoms with Gasteiger partial charge in [-0.05, 0) is 37.6 Å². The third-order valence-electron chi connectivity index (χ3n) is 4.52. The molecule has 1 aromatic heterocycles. The van der Waals surface area contributed by atoms with Gasteiger partial charge in [0.25, 0.3) is 0 Å². The Morgan fingerprint density at radius 1 is 1.13 bits per heavy atom. The molecule has 31 heavy (non-hydrogen) atoms. The first-order valence-corrected chi connectivity index (χ1v) is 13.0. The Labute approximate surface area is 195 Å². The number of aromatic nitrogens is 1. The van der Waals surface area contributed by atoms with Crippen LogP contribution in [0.5, 0.6) is 0 Å². The Morgan fingerprint density at radius 2 is 1.84 bits per heavy atom. The predicted octanol–water partition coefficient (Wildman–Crippen LogP) is 4.73. The van der Waals surface area contributed by atoms with Gasteiger partial charge in [0.1, 0.15) is 0 Å². The number of amides is 1. The number of hydrogen-bond acceptors (Lipinski definition) is 5. The molecule has 0 N–H and O–H groups in total. The number of benzene rings is 2. The van der Waals surface area contributed by atoms with Crippen LogP contribution in [-0.4, -0.2) is 37.9 Å². The van der Waals surface area contributed by atoms with E-state index in [-0.39, 0.29) is 23.5 Å². The van der Waals surface area contributed by atoms with Crippen LogP contribution in [0.1, 0.15) is 19.8 Å². The van der Waals surface area contributed by atoms with Gasteiger partial charge in [-0.25, -0.2) is 8.42 Å². The van der Waals surface area contributed by atoms with Crippen molar-refractivity contribution in [3.63, 3.8) is 0 Å². The first-order valence-electron chi connectivity index (χ1n) is 9.74. The molecule has 0 saturated heterocycles. The van der Waals surface area contributed by atoms with Gasteiger partial charge in [0.05, 0.1) is 37.5 Å². The van der Waals surface area contributed by atoms with Crippen LogP contribution in [-0.2, 0) is 25.9 Å². The van der Waals surface area contributed by atoms with Crippen molar-refractivity contribution in [3.8, 4) is 0 Å². The molecule has 3 rings (SSSR count). The minimum absolute atomic E-state index is 0.0211. The van der Waals surface area contributed by atoms with Gasteiger partial charge >= 0.3 is 0 Å². The summed E-state index contributed by atoms with van der Waals surface area (Å²) in [5.74, 6) is -0.514. The van der Waals surface area contributed by atoms with Crippen molar-refractivity contribution in [2.45, 2.75) is 31.2 Å². The van der Waals surface area contributed by atoms with Crippen molar-refractivity contribution < 1.29 is 17.9 Å². The SMILES string of the molecule is CCOCCn1c(=NC(=O)CCCS(=O)(=O)c2ccccc2)sc2c(Cl)ccc(Cl)c21. The Bertz CT molecular complexity index is 1240. The van der Waals surface area contributed by atoms with Crippen LogP contribution < -0.4 is 4.80 Å². The number of sulfone groups is 1. The highest BCUT2D eigenvalue weighted by Crippen LogP contribution is 2.31. The monoisotopic (exact) mass is 500 g/mol. The fourth-order valence-electron chi connectivity index (χ4n) is 3.03. The Balaban J connectivity index is 1.81. The number of thiazole rings is 1. The van der Waals surface area contributed by atoms with Crippen LogP contribution in [0.3, 0.4) is 0 Å². The number of halogens is 2. The number of hydrogen-bond donors (Lipinski definition) is 0. The lowest BCUT2D eigenvalue weighted by Crippen LogP contribution is -2.20. The van der Waals surface area contributed by atoms with Crippen LogP contribution in [0, 0.1) is 0 Å². The molecule has 0 spiro atoms. The van der Waals surface area contributed by atoms with Crippen molar-refractivity contribution in [2.24, 2.45) is 4.99 Å². The van der Waals surface area contributed by atoms with Gasteiger partial charge in [0.2, 0.25) is 5.91 Å². The molecule has 10 heteroatoms. The molecule has 2 aromatic carbocycles. The molecule has 3 aromatic rings. The van der Waals surface area contributed by atoms with Gasteiger partial charge in [-0.15, -0.1) is 0 Å². The molecule has 6 nitrogen and oxygen atoms in total. The lowest BCUT2D eigenvalue weighted by atomic mass is 10.3. The highest BCUT2D eigenvalue weighted by molar-refractivity contribution is 7.91. The highest BCUT2D eigenvalue weighted by atomic mass is 35.5. The van der Waals surface area contributed by atoms with E-state index in [0.717, 1.165) is 4.70 Å². The Kier molecular flexibility index (Phi) is 8.30. The maximum atomic E-state index is 12.5. The summed E-state index contributed by atoms with van der Waals surface area (Å²) in [6, 6.07) is 11.6. The maximum Gasteiger partial charge on any atom is 0.248 e. The van der Waals surface area contributed by atoms with E-state index < -0.39 is 15.7 Å². The van der Waals surface area contributed by atoms with E-state index in [9.17, 15) is 13.2 Å². The van der Waals surface area contributed by atoms with Crippen LogP contribution in [0.25, 0.3) is 10.2 Å². The van der Waals surface area contributed by atoms with Crippen molar-refractivity contribution in [1.82, 2.24) is 4.57 Å². The summed E-state index contributed by atoms with van der Waals surface area (Å²) in [7, 11) is -3.43. The van der Waals surface area contributed by atoms with Gasteiger partial charge < -0.3 is 9.30 Å². The van der Waals surface area contributed by atoms with E-state index in [1.807, 2.05) is 11.5 Å². The second kappa shape index (κ2) is 10.7. The predicted molar refractivity (Wildman–Crippen MR) is 125 cm³/mol. The average Bonchev–Trinajstić information content (AvgIpc) is 3.11. The first-order chi connectivity index (χ1) is 14.8. The summed E-state index contributed by atoms with van der Waals surface area (Å²) in [6.07, 6.45) is 0.206. The fraction of sp³-hybridized carbons (Fsp3) is 0.333. The molecule has 166 valence electrons. The maximum absolute atomic E-state index is 12.5. The third kappa shape index (κ3) is 5.96. The molecule has 1 amide bonds. The van der Waals surface area contributed by atoms with E-state index in [0.29, 0.717) is 40.1 Å². The smallest absolute Gasteiger partial charge is 0.248 e. The molecule has 0 radical (unpaired) electrons. The van der Waals surface area contributed by atoms with Crippen molar-refractivity contribution in [3.05, 3.63) is 57.3 Å². The van der Waals surface area contributed by atoms with E-state index in [1.165, 1.54) is 11.3 Å². The minimum Gasteiger partial charge on any atom is -0.380 e. The molecule has 0 aliphatic carbocycles. The zero-order valence-electron chi connectivity index (χ0n) is 16.9. The van der Waals surface area contributed by atoms with Crippen molar-refractivity contribution in [1.29, 1.82) is 0 Å². The summed E-state index contributed by atoms with van der Waals surface area (Å²) in [5.41, 5.74) is 0.706. The van der Waals surface area contributed by atoms with E-state index in [4.69, 9.17) is 27.9 Å². The number of carbonyl (C=O) groups is 1. The van der Waals surface area contributed by atoms with E-state index >= 15 is 0 Å². The molecular weight excluding hydrogens is 479 g/mol. The summed E-state index contributed by atoms with van der Waals surface area (Å²) in [4.78, 5) is 17.4. The molecule has 0 unspecified atom stereocenters. The zero-order valence-corrected chi connectivity index (χ0v) is 20.0. The van der Waals surface area contributed by atoms with Crippen LogP contribution >= 0.6 is 34.5 Å². The van der Waals surface area contributed by atoms with Crippen LogP contribution in [0.15, 0.2) is 52.4 Å². The Morgan fingerprint density at radius 3 is 2.55 bits per heavy atom. The van der Waals surface area contributed by atoms with Gasteiger partial charge in [0.15, 0.2) is 14.6 Å². The largest absolute Gasteiger partial charge is 0.380 e. The van der Waals surface area contributed by atoms with E-state index in [2.05, 4.69) is 4.99 Å². The summed E-state index contributed by atoms with van der Waals surface area (Å²) in [5, 5.41) is 1.03. The second-order valence-corrected chi connectivity index (χ2v) is 10.6. The van der Waals surface area contributed by atoms with Crippen LogP contribution in [0.4, 0.5) is 0 Å². The van der Waals surface area contributed by atoms with Crippen molar-refractivity contribution >= 4 is 60.5 Å². The quantitative estimate of drug-likeness (QED) is 0.398. The first kappa shape index (κ1) is 23.9. The average molecular weight is 501 g/mol. The number of ether oxygens (including phenoxy) is 1. The highest BCUT2D eigenvalue weighted by Gasteiger charge is 2.16. The Hall–Kier alpha value is -1.71. The minimum atomic E-state index is -3.43. The summed E-state index contributed by atoms with van der Waals surface area (Å²) < 4.78 is 32.8. The standard InChI is InChI=1S/C21H22Cl2N2O4S2/c1-2-29-13-12-25-19-16(22)10-11-17(23)20(19)30-21(25)24-18(26)9-6-14-31(27,28)15-7-4-3-5-8-15/h3-5,7-8,10-11H,2,6,9,12-14H2,1H3. The molecule has 0 aliphatic heterocycles. The third-order valence-corrected chi connectivity index (χ3v) is 8.18. The summed E-state index contributed by atoms with van der Waals surface area (Å²) in [6.45, 7) is 3.36. The van der Waals surface area contributed by atoms with E-state index in [1.54, 1.807) is 42.5 Å². The number of nitrogens with zero attached hydrogens (tertiary/aromatic N) is 2. The molecule has 1 heterocycles. The van der Waals surface area contributed by atoms with Gasteiger partial charge in [0, 0.05) is 19.6 Å².